The van der Waals surface area contributed by atoms with E-state index < -0.39 is 18.1 Å². The number of hydrogen-bond acceptors (Lipinski definition) is 4. The number of carboxylic acids is 1. The highest BCUT2D eigenvalue weighted by Crippen LogP contribution is 2.47. The topological polar surface area (TPSA) is 77.9 Å². The van der Waals surface area contributed by atoms with Gasteiger partial charge in [-0.25, -0.2) is 4.79 Å². The molecule has 3 atom stereocenters. The van der Waals surface area contributed by atoms with E-state index in [1.54, 1.807) is 16.7 Å². The summed E-state index contributed by atoms with van der Waals surface area (Å²) in [5.74, 6) is -0.535. The fraction of sp³-hybridized carbons (Fsp3) is 0.786. The Morgan fingerprint density at radius 3 is 2.81 bits per heavy atom. The number of rotatable bonds is 2. The molecule has 7 heteroatoms. The Bertz CT molecular complexity index is 497. The van der Waals surface area contributed by atoms with Crippen molar-refractivity contribution in [2.45, 2.75) is 56.0 Å². The normalized spacial score (nSPS) is 36.0. The average molecular weight is 312 g/mol. The van der Waals surface area contributed by atoms with Crippen molar-refractivity contribution >= 4 is 29.5 Å². The van der Waals surface area contributed by atoms with Crippen LogP contribution in [0.5, 0.6) is 0 Å². The van der Waals surface area contributed by atoms with E-state index in [9.17, 15) is 19.5 Å². The molecule has 1 N–H and O–H groups in total. The van der Waals surface area contributed by atoms with Gasteiger partial charge in [0.15, 0.2) is 0 Å². The third-order valence-corrected chi connectivity index (χ3v) is 6.31. The zero-order chi connectivity index (χ0) is 15.2. The SMILES string of the molecule is CC12CCC(=O)N1C(C(=O)N1CCCCC1C(=O)O)CS2. The fourth-order valence-electron chi connectivity index (χ4n) is 3.65. The minimum atomic E-state index is -0.941. The van der Waals surface area contributed by atoms with E-state index in [1.165, 1.54) is 4.90 Å². The maximum Gasteiger partial charge on any atom is 0.326 e. The van der Waals surface area contributed by atoms with Crippen molar-refractivity contribution in [1.82, 2.24) is 9.80 Å². The van der Waals surface area contributed by atoms with Crippen molar-refractivity contribution in [2.75, 3.05) is 12.3 Å². The highest BCUT2D eigenvalue weighted by atomic mass is 32.2. The number of amides is 2. The summed E-state index contributed by atoms with van der Waals surface area (Å²) >= 11 is 1.64. The molecule has 21 heavy (non-hydrogen) atoms. The number of piperidine rings is 1. The van der Waals surface area contributed by atoms with Crippen LogP contribution in [-0.2, 0) is 14.4 Å². The molecular formula is C14H20N2O4S. The minimum Gasteiger partial charge on any atom is -0.480 e. The van der Waals surface area contributed by atoms with Crippen LogP contribution < -0.4 is 0 Å². The van der Waals surface area contributed by atoms with Gasteiger partial charge in [-0.2, -0.15) is 0 Å². The molecule has 0 saturated carbocycles. The molecule has 0 aromatic heterocycles. The van der Waals surface area contributed by atoms with Crippen LogP contribution in [-0.4, -0.2) is 61.9 Å². The lowest BCUT2D eigenvalue weighted by molar-refractivity contribution is -0.155. The van der Waals surface area contributed by atoms with E-state index in [2.05, 4.69) is 0 Å². The van der Waals surface area contributed by atoms with Gasteiger partial charge in [0.1, 0.15) is 12.1 Å². The zero-order valence-electron chi connectivity index (χ0n) is 12.1. The first-order valence-electron chi connectivity index (χ1n) is 7.43. The van der Waals surface area contributed by atoms with Crippen molar-refractivity contribution in [3.05, 3.63) is 0 Å². The number of nitrogens with zero attached hydrogens (tertiary/aromatic N) is 2. The third kappa shape index (κ3) is 2.31. The van der Waals surface area contributed by atoms with Crippen LogP contribution in [0.1, 0.15) is 39.0 Å². The third-order valence-electron chi connectivity index (χ3n) is 4.80. The van der Waals surface area contributed by atoms with Gasteiger partial charge in [-0.3, -0.25) is 9.59 Å². The summed E-state index contributed by atoms with van der Waals surface area (Å²) < 4.78 is 0. The number of aliphatic carboxylic acids is 1. The molecule has 6 nitrogen and oxygen atoms in total. The Hall–Kier alpha value is -1.24. The Morgan fingerprint density at radius 1 is 1.33 bits per heavy atom. The second-order valence-corrected chi connectivity index (χ2v) is 7.65. The van der Waals surface area contributed by atoms with Crippen LogP contribution in [0.4, 0.5) is 0 Å². The molecule has 0 radical (unpaired) electrons. The predicted octanol–water partition coefficient (Wildman–Crippen LogP) is 0.906. The molecule has 0 aromatic rings. The summed E-state index contributed by atoms with van der Waals surface area (Å²) in [6.45, 7) is 2.48. The molecule has 3 unspecified atom stereocenters. The number of thioether (sulfide) groups is 1. The molecular weight excluding hydrogens is 292 g/mol. The molecule has 3 aliphatic rings. The van der Waals surface area contributed by atoms with Crippen molar-refractivity contribution < 1.29 is 19.5 Å². The predicted molar refractivity (Wildman–Crippen MR) is 77.7 cm³/mol. The smallest absolute Gasteiger partial charge is 0.326 e. The van der Waals surface area contributed by atoms with E-state index in [4.69, 9.17) is 0 Å². The molecule has 0 aromatic carbocycles. The van der Waals surface area contributed by atoms with Gasteiger partial charge in [-0.15, -0.1) is 11.8 Å². The van der Waals surface area contributed by atoms with Crippen LogP contribution in [0.2, 0.25) is 0 Å². The summed E-state index contributed by atoms with van der Waals surface area (Å²) in [6, 6.07) is -1.23. The molecule has 0 spiro atoms. The van der Waals surface area contributed by atoms with Crippen molar-refractivity contribution in [3.8, 4) is 0 Å². The van der Waals surface area contributed by atoms with Crippen LogP contribution in [0.3, 0.4) is 0 Å². The van der Waals surface area contributed by atoms with Crippen LogP contribution in [0.25, 0.3) is 0 Å². The number of fused-ring (bicyclic) bond motifs is 1. The van der Waals surface area contributed by atoms with Gasteiger partial charge in [0.25, 0.3) is 0 Å². The first-order valence-corrected chi connectivity index (χ1v) is 8.42. The maximum absolute atomic E-state index is 12.8. The van der Waals surface area contributed by atoms with Gasteiger partial charge in [-0.1, -0.05) is 0 Å². The monoisotopic (exact) mass is 312 g/mol. The molecule has 3 rings (SSSR count). The molecule has 0 aliphatic carbocycles. The lowest BCUT2D eigenvalue weighted by atomic mass is 10.0. The first-order chi connectivity index (χ1) is 9.94. The highest BCUT2D eigenvalue weighted by molar-refractivity contribution is 8.01. The fourth-order valence-corrected chi connectivity index (χ4v) is 5.07. The van der Waals surface area contributed by atoms with Crippen LogP contribution in [0.15, 0.2) is 0 Å². The van der Waals surface area contributed by atoms with Gasteiger partial charge in [0.05, 0.1) is 4.87 Å². The van der Waals surface area contributed by atoms with E-state index in [0.717, 1.165) is 19.3 Å². The standard InChI is InChI=1S/C14H20N2O4S/c1-14-6-5-11(17)16(14)10(8-21-14)12(18)15-7-3-2-4-9(15)13(19)20/h9-10H,2-8H2,1H3,(H,19,20). The van der Waals surface area contributed by atoms with Crippen molar-refractivity contribution in [3.63, 3.8) is 0 Å². The Morgan fingerprint density at radius 2 is 2.10 bits per heavy atom. The maximum atomic E-state index is 12.8. The summed E-state index contributed by atoms with van der Waals surface area (Å²) in [5.41, 5.74) is 0. The molecule has 3 heterocycles. The van der Waals surface area contributed by atoms with Crippen LogP contribution >= 0.6 is 11.8 Å². The van der Waals surface area contributed by atoms with Crippen LogP contribution in [0, 0.1) is 0 Å². The Balaban J connectivity index is 1.81. The second-order valence-electron chi connectivity index (χ2n) is 6.15. The summed E-state index contributed by atoms with van der Waals surface area (Å²) in [6.07, 6.45) is 3.42. The van der Waals surface area contributed by atoms with Crippen molar-refractivity contribution in [1.29, 1.82) is 0 Å². The minimum absolute atomic E-state index is 0.0183. The van der Waals surface area contributed by atoms with Crippen molar-refractivity contribution in [2.24, 2.45) is 0 Å². The number of carboxylic acid groups (broad SMARTS) is 1. The summed E-state index contributed by atoms with van der Waals surface area (Å²) in [4.78, 5) is 39.2. The van der Waals surface area contributed by atoms with Gasteiger partial charge in [-0.05, 0) is 32.6 Å². The molecule has 2 amide bonds. The van der Waals surface area contributed by atoms with Gasteiger partial charge in [0.2, 0.25) is 11.8 Å². The Kier molecular flexibility index (Phi) is 3.63. The molecule has 3 fully saturated rings. The Labute approximate surface area is 127 Å². The summed E-state index contributed by atoms with van der Waals surface area (Å²) in [5, 5.41) is 9.31. The number of hydrogen-bond donors (Lipinski definition) is 1. The van der Waals surface area contributed by atoms with E-state index >= 15 is 0 Å². The molecule has 0 bridgehead atoms. The average Bonchev–Trinajstić information content (AvgIpc) is 2.95. The number of carbonyl (C=O) groups is 3. The lowest BCUT2D eigenvalue weighted by Crippen LogP contribution is -2.56. The van der Waals surface area contributed by atoms with Gasteiger partial charge in [0, 0.05) is 18.7 Å². The second kappa shape index (κ2) is 5.19. The van der Waals surface area contributed by atoms with E-state index in [-0.39, 0.29) is 16.7 Å². The number of carbonyl (C=O) groups excluding carboxylic acids is 2. The molecule has 3 saturated heterocycles. The van der Waals surface area contributed by atoms with Gasteiger partial charge >= 0.3 is 5.97 Å². The quantitative estimate of drug-likeness (QED) is 0.820. The lowest BCUT2D eigenvalue weighted by Gasteiger charge is -2.37. The first kappa shape index (κ1) is 14.7. The zero-order valence-corrected chi connectivity index (χ0v) is 12.9. The summed E-state index contributed by atoms with van der Waals surface area (Å²) in [7, 11) is 0. The largest absolute Gasteiger partial charge is 0.480 e. The number of likely N-dealkylation sites (tertiary alicyclic amines) is 1. The molecule has 3 aliphatic heterocycles. The molecule has 116 valence electrons. The van der Waals surface area contributed by atoms with E-state index in [1.807, 2.05) is 6.92 Å². The highest BCUT2D eigenvalue weighted by Gasteiger charge is 2.54. The van der Waals surface area contributed by atoms with Gasteiger partial charge < -0.3 is 14.9 Å². The van der Waals surface area contributed by atoms with E-state index in [0.29, 0.717) is 25.1 Å².